The van der Waals surface area contributed by atoms with Crippen molar-refractivity contribution in [1.29, 1.82) is 0 Å². The number of rotatable bonds is 6. The van der Waals surface area contributed by atoms with Crippen molar-refractivity contribution in [3.8, 4) is 0 Å². The van der Waals surface area contributed by atoms with Crippen LogP contribution in [0.2, 0.25) is 0 Å². The van der Waals surface area contributed by atoms with Crippen molar-refractivity contribution in [3.05, 3.63) is 88.4 Å². The van der Waals surface area contributed by atoms with Crippen LogP contribution in [0.5, 0.6) is 0 Å². The zero-order chi connectivity index (χ0) is 25.3. The summed E-state index contributed by atoms with van der Waals surface area (Å²) in [5.74, 6) is -0.0931. The van der Waals surface area contributed by atoms with Gasteiger partial charge in [-0.2, -0.15) is 4.31 Å². The van der Waals surface area contributed by atoms with Gasteiger partial charge >= 0.3 is 0 Å². The molecule has 36 heavy (non-hydrogen) atoms. The quantitative estimate of drug-likeness (QED) is 0.324. The summed E-state index contributed by atoms with van der Waals surface area (Å²) in [6.07, 6.45) is 0. The van der Waals surface area contributed by atoms with Gasteiger partial charge in [-0.3, -0.25) is 4.79 Å². The van der Waals surface area contributed by atoms with Crippen molar-refractivity contribution in [2.24, 2.45) is 0 Å². The van der Waals surface area contributed by atoms with Crippen molar-refractivity contribution in [1.82, 2.24) is 14.2 Å². The molecule has 1 aromatic heterocycles. The lowest BCUT2D eigenvalue weighted by molar-refractivity contribution is 0.0746. The average Bonchev–Trinajstić information content (AvgIpc) is 3.32. The molecule has 1 aliphatic rings. The first kappa shape index (κ1) is 24.9. The number of halogens is 1. The van der Waals surface area contributed by atoms with Crippen LogP contribution in [0.3, 0.4) is 0 Å². The molecule has 5 rings (SSSR count). The Kier molecular flexibility index (Phi) is 7.11. The number of amides is 1. The maximum absolute atomic E-state index is 13.1. The summed E-state index contributed by atoms with van der Waals surface area (Å²) in [7, 11) is -2.10. The van der Waals surface area contributed by atoms with E-state index >= 15 is 0 Å². The molecule has 1 amide bonds. The summed E-state index contributed by atoms with van der Waals surface area (Å²) in [6.45, 7) is 2.84. The molecule has 1 saturated heterocycles. The van der Waals surface area contributed by atoms with E-state index in [-0.39, 0.29) is 17.3 Å². The van der Waals surface area contributed by atoms with Gasteiger partial charge in [0.05, 0.1) is 15.1 Å². The van der Waals surface area contributed by atoms with Crippen molar-refractivity contribution in [2.45, 2.75) is 11.4 Å². The summed E-state index contributed by atoms with van der Waals surface area (Å²) in [5, 5.41) is 0.962. The standard InChI is InChI=1S/C26H25BrN4O3S2/c1-29(18-19-5-3-2-4-6-19)36(33,34)22-10-7-20(8-11-22)25(32)30-13-15-31(16-14-30)26-28-23-12-9-21(27)17-24(23)35-26/h2-12,17H,13-16,18H2,1H3. The molecule has 0 unspecified atom stereocenters. The number of nitrogens with zero attached hydrogens (tertiary/aromatic N) is 4. The second-order valence-corrected chi connectivity index (χ2v) is 12.6. The fourth-order valence-electron chi connectivity index (χ4n) is 4.18. The van der Waals surface area contributed by atoms with E-state index < -0.39 is 10.0 Å². The van der Waals surface area contributed by atoms with Gasteiger partial charge in [0.15, 0.2) is 5.13 Å². The number of carbonyl (C=O) groups is 1. The van der Waals surface area contributed by atoms with E-state index in [0.717, 1.165) is 25.4 Å². The topological polar surface area (TPSA) is 73.8 Å². The predicted molar refractivity (Wildman–Crippen MR) is 147 cm³/mol. The summed E-state index contributed by atoms with van der Waals surface area (Å²) in [4.78, 5) is 22.0. The summed E-state index contributed by atoms with van der Waals surface area (Å²) in [6, 6.07) is 21.7. The third kappa shape index (κ3) is 5.17. The monoisotopic (exact) mass is 584 g/mol. The molecule has 7 nitrogen and oxygen atoms in total. The van der Waals surface area contributed by atoms with Crippen LogP contribution in [0.15, 0.2) is 82.2 Å². The fourth-order valence-corrected chi connectivity index (χ4v) is 6.91. The van der Waals surface area contributed by atoms with Crippen LogP contribution in [0, 0.1) is 0 Å². The SMILES string of the molecule is CN(Cc1ccccc1)S(=O)(=O)c1ccc(C(=O)N2CCN(c3nc4ccc(Br)cc4s3)CC2)cc1. The zero-order valence-corrected chi connectivity index (χ0v) is 22.9. The lowest BCUT2D eigenvalue weighted by atomic mass is 10.2. The van der Waals surface area contributed by atoms with Crippen molar-refractivity contribution < 1.29 is 13.2 Å². The number of hydrogen-bond acceptors (Lipinski definition) is 6. The Bertz CT molecular complexity index is 1480. The smallest absolute Gasteiger partial charge is 0.253 e. The molecule has 0 bridgehead atoms. The fraction of sp³-hybridized carbons (Fsp3) is 0.231. The van der Waals surface area contributed by atoms with E-state index in [1.807, 2.05) is 47.4 Å². The number of fused-ring (bicyclic) bond motifs is 1. The van der Waals surface area contributed by atoms with Crippen molar-refractivity contribution in [2.75, 3.05) is 38.1 Å². The van der Waals surface area contributed by atoms with E-state index in [1.54, 1.807) is 30.5 Å². The van der Waals surface area contributed by atoms with E-state index in [0.29, 0.717) is 31.7 Å². The highest BCUT2D eigenvalue weighted by Gasteiger charge is 2.25. The summed E-state index contributed by atoms with van der Waals surface area (Å²) < 4.78 is 29.5. The molecule has 186 valence electrons. The number of anilines is 1. The van der Waals surface area contributed by atoms with E-state index in [1.165, 1.54) is 16.4 Å². The summed E-state index contributed by atoms with van der Waals surface area (Å²) >= 11 is 5.16. The minimum absolute atomic E-state index is 0.0931. The number of benzene rings is 3. The molecule has 10 heteroatoms. The number of carbonyl (C=O) groups excluding carboxylic acids is 1. The number of aromatic nitrogens is 1. The van der Waals surface area contributed by atoms with Gasteiger partial charge < -0.3 is 9.80 Å². The Hall–Kier alpha value is -2.79. The zero-order valence-electron chi connectivity index (χ0n) is 19.7. The molecule has 1 aliphatic heterocycles. The van der Waals surface area contributed by atoms with Gasteiger partial charge in [0.1, 0.15) is 0 Å². The first-order chi connectivity index (χ1) is 17.3. The lowest BCUT2D eigenvalue weighted by Gasteiger charge is -2.34. The molecule has 3 aromatic carbocycles. The second-order valence-electron chi connectivity index (χ2n) is 8.66. The van der Waals surface area contributed by atoms with Gasteiger partial charge in [0, 0.05) is 49.8 Å². The van der Waals surface area contributed by atoms with Crippen LogP contribution in [0.1, 0.15) is 15.9 Å². The van der Waals surface area contributed by atoms with Gasteiger partial charge in [0.25, 0.3) is 5.91 Å². The first-order valence-electron chi connectivity index (χ1n) is 11.5. The molecule has 0 saturated carbocycles. The van der Waals surface area contributed by atoms with Crippen molar-refractivity contribution >= 4 is 58.5 Å². The highest BCUT2D eigenvalue weighted by molar-refractivity contribution is 9.10. The maximum Gasteiger partial charge on any atom is 0.253 e. The van der Waals surface area contributed by atoms with Crippen LogP contribution >= 0.6 is 27.3 Å². The molecule has 0 N–H and O–H groups in total. The lowest BCUT2D eigenvalue weighted by Crippen LogP contribution is -2.48. The number of thiazole rings is 1. The second kappa shape index (κ2) is 10.3. The van der Waals surface area contributed by atoms with E-state index in [2.05, 4.69) is 26.9 Å². The summed E-state index contributed by atoms with van der Waals surface area (Å²) in [5.41, 5.74) is 2.37. The molecule has 0 atom stereocenters. The number of sulfonamides is 1. The predicted octanol–water partition coefficient (Wildman–Crippen LogP) is 4.84. The van der Waals surface area contributed by atoms with Crippen LogP contribution < -0.4 is 4.90 Å². The molecule has 0 aliphatic carbocycles. The number of hydrogen-bond donors (Lipinski definition) is 0. The largest absolute Gasteiger partial charge is 0.345 e. The molecule has 0 radical (unpaired) electrons. The molecule has 0 spiro atoms. The van der Waals surface area contributed by atoms with Gasteiger partial charge in [-0.15, -0.1) is 0 Å². The Balaban J connectivity index is 1.22. The van der Waals surface area contributed by atoms with Crippen LogP contribution in [-0.4, -0.2) is 61.7 Å². The highest BCUT2D eigenvalue weighted by Crippen LogP contribution is 2.31. The molecular weight excluding hydrogens is 560 g/mol. The van der Waals surface area contributed by atoms with E-state index in [4.69, 9.17) is 4.98 Å². The highest BCUT2D eigenvalue weighted by atomic mass is 79.9. The number of piperazine rings is 1. The van der Waals surface area contributed by atoms with Crippen molar-refractivity contribution in [3.63, 3.8) is 0 Å². The Morgan fingerprint density at radius 3 is 2.39 bits per heavy atom. The van der Waals surface area contributed by atoms with Crippen LogP contribution in [-0.2, 0) is 16.6 Å². The Labute approximate surface area is 223 Å². The molecule has 1 fully saturated rings. The van der Waals surface area contributed by atoms with Crippen LogP contribution in [0.25, 0.3) is 10.2 Å². The van der Waals surface area contributed by atoms with Crippen LogP contribution in [0.4, 0.5) is 5.13 Å². The molecule has 4 aromatic rings. The molecule has 2 heterocycles. The van der Waals surface area contributed by atoms with E-state index in [9.17, 15) is 13.2 Å². The average molecular weight is 586 g/mol. The molecular formula is C26H25BrN4O3S2. The van der Waals surface area contributed by atoms with Gasteiger partial charge in [0.2, 0.25) is 10.0 Å². The Morgan fingerprint density at radius 2 is 1.69 bits per heavy atom. The first-order valence-corrected chi connectivity index (χ1v) is 14.6. The normalized spacial score (nSPS) is 14.5. The minimum Gasteiger partial charge on any atom is -0.345 e. The van der Waals surface area contributed by atoms with Gasteiger partial charge in [-0.05, 0) is 48.0 Å². The van der Waals surface area contributed by atoms with Gasteiger partial charge in [-0.1, -0.05) is 57.6 Å². The third-order valence-corrected chi connectivity index (χ3v) is 9.62. The maximum atomic E-state index is 13.1. The Morgan fingerprint density at radius 1 is 1.00 bits per heavy atom. The van der Waals surface area contributed by atoms with Gasteiger partial charge in [-0.25, -0.2) is 13.4 Å². The minimum atomic E-state index is -3.66. The third-order valence-electron chi connectivity index (χ3n) is 6.23.